The third-order valence-electron chi connectivity index (χ3n) is 6.11. The summed E-state index contributed by atoms with van der Waals surface area (Å²) >= 11 is 8.47. The van der Waals surface area contributed by atoms with Crippen LogP contribution in [0.25, 0.3) is 0 Å². The van der Waals surface area contributed by atoms with E-state index in [2.05, 4.69) is 58.8 Å². The minimum Gasteiger partial charge on any atom is -0.337 e. The van der Waals surface area contributed by atoms with Gasteiger partial charge in [-0.3, -0.25) is 4.89 Å². The molecule has 9 nitrogen and oxygen atoms in total. The predicted octanol–water partition coefficient (Wildman–Crippen LogP) is 3.84. The Balaban J connectivity index is 6.87. The lowest BCUT2D eigenvalue weighted by Crippen LogP contribution is -2.88. The topological polar surface area (TPSA) is 79.2 Å². The highest BCUT2D eigenvalue weighted by Gasteiger charge is 2.67. The highest BCUT2D eigenvalue weighted by atomic mass is 32.9. The van der Waals surface area contributed by atoms with E-state index in [1.54, 1.807) is 0 Å². The van der Waals surface area contributed by atoms with Crippen LogP contribution in [0.3, 0.4) is 0 Å². The molecule has 0 saturated heterocycles. The van der Waals surface area contributed by atoms with Crippen LogP contribution in [-0.2, 0) is 25.3 Å². The van der Waals surface area contributed by atoms with Gasteiger partial charge in [0, 0.05) is 9.46 Å². The lowest BCUT2D eigenvalue weighted by molar-refractivity contribution is -1.80. The summed E-state index contributed by atoms with van der Waals surface area (Å²) in [6, 6.07) is 0. The predicted molar refractivity (Wildman–Crippen MR) is 124 cm³/mol. The van der Waals surface area contributed by atoms with Crippen LogP contribution in [0.2, 0.25) is 0 Å². The Labute approximate surface area is 187 Å². The minimum absolute atomic E-state index is 0.151. The summed E-state index contributed by atoms with van der Waals surface area (Å²) in [6.45, 7) is 21.9. The minimum atomic E-state index is -4.68. The van der Waals surface area contributed by atoms with Gasteiger partial charge in [-0.05, 0) is 71.8 Å². The monoisotopic (exact) mass is 497 g/mol. The molecule has 0 rings (SSSR count). The zero-order valence-electron chi connectivity index (χ0n) is 19.3. The van der Waals surface area contributed by atoms with E-state index in [0.29, 0.717) is 35.6 Å². The van der Waals surface area contributed by atoms with Crippen molar-refractivity contribution in [2.75, 3.05) is 52.4 Å². The van der Waals surface area contributed by atoms with E-state index >= 15 is 0 Å². The van der Waals surface area contributed by atoms with Crippen LogP contribution in [-0.4, -0.2) is 81.3 Å². The fourth-order valence-corrected chi connectivity index (χ4v) is 8.51. The third-order valence-corrected chi connectivity index (χ3v) is 9.55. The second-order valence-electron chi connectivity index (χ2n) is 6.76. The van der Waals surface area contributed by atoms with Crippen LogP contribution < -0.4 is 0 Å². The number of thiol groups is 1. The van der Waals surface area contributed by atoms with E-state index in [1.165, 1.54) is 0 Å². The van der Waals surface area contributed by atoms with Gasteiger partial charge in [0.15, 0.2) is 26.2 Å². The lowest BCUT2D eigenvalue weighted by atomic mass is 10.4. The Hall–Kier alpha value is 0.910. The summed E-state index contributed by atoms with van der Waals surface area (Å²) in [5, 5.41) is 2.37. The van der Waals surface area contributed by atoms with Crippen molar-refractivity contribution in [3.8, 4) is 0 Å². The summed E-state index contributed by atoms with van der Waals surface area (Å²) in [5.74, 6) is 0. The molecular weight excluding hydrogens is 454 g/mol. The molecule has 2 unspecified atom stereocenters. The molecular formula is C16H43N4O5P2S2+3. The standard InChI is InChI=1S/C16H40N4O5P2S2/c1-9-17(10-2)18(11-3,12-4)19(13-5,14-6)20(15-7,16-8)24-26(21,22)25-27(23,28)29/h9-16H2,1-8H3/p+3. The molecule has 13 heteroatoms. The van der Waals surface area contributed by atoms with Gasteiger partial charge in [-0.2, -0.15) is 0 Å². The van der Waals surface area contributed by atoms with Crippen molar-refractivity contribution in [3.63, 3.8) is 0 Å². The maximum absolute atomic E-state index is 12.9. The van der Waals surface area contributed by atoms with Crippen molar-refractivity contribution in [2.24, 2.45) is 0 Å². The molecule has 2 atom stereocenters. The van der Waals surface area contributed by atoms with Crippen LogP contribution in [0.4, 0.5) is 0 Å². The molecule has 0 saturated carbocycles. The molecule has 0 aromatic heterocycles. The number of nitrogens with zero attached hydrogens (tertiary/aromatic N) is 4. The maximum atomic E-state index is 12.9. The molecule has 2 N–H and O–H groups in total. The first-order valence-corrected chi connectivity index (χ1v) is 15.8. The molecule has 0 aromatic rings. The SMILES string of the molecule is CCN(CC)[N+](CC)(CC)[N+](CC)(CC)[N+](CC)(CC)OP(=O)(O)OP(O)(=S)S. The molecule has 0 bridgehead atoms. The second-order valence-corrected chi connectivity index (χ2v) is 13.4. The van der Waals surface area contributed by atoms with Gasteiger partial charge in [0.25, 0.3) is 5.69 Å². The Morgan fingerprint density at radius 1 is 0.862 bits per heavy atom. The fraction of sp³-hybridized carbons (Fsp3) is 1.00. The molecule has 0 aliphatic carbocycles. The van der Waals surface area contributed by atoms with Crippen molar-refractivity contribution in [3.05, 3.63) is 0 Å². The largest absolute Gasteiger partial charge is 0.530 e. The van der Waals surface area contributed by atoms with Gasteiger partial charge < -0.3 is 4.89 Å². The summed E-state index contributed by atoms with van der Waals surface area (Å²) in [5.41, 5.74) is -3.69. The zero-order chi connectivity index (χ0) is 23.1. The molecule has 0 aliphatic heterocycles. The summed E-state index contributed by atoms with van der Waals surface area (Å²) < 4.78 is 24.4. The number of hydroxylamine groups is 2. The van der Waals surface area contributed by atoms with Gasteiger partial charge in [-0.25, -0.2) is 8.88 Å². The lowest BCUT2D eigenvalue weighted by Gasteiger charge is -2.58. The number of phosphoric acid groups is 1. The van der Waals surface area contributed by atoms with Crippen LogP contribution in [0, 0.1) is 0 Å². The van der Waals surface area contributed by atoms with Crippen LogP contribution >= 0.6 is 25.8 Å². The van der Waals surface area contributed by atoms with Crippen molar-refractivity contribution in [1.82, 2.24) is 5.01 Å². The second kappa shape index (κ2) is 11.7. The Morgan fingerprint density at radius 2 is 1.28 bits per heavy atom. The molecule has 0 radical (unpaired) electrons. The summed E-state index contributed by atoms with van der Waals surface area (Å²) in [4.78, 5) is 20.2. The van der Waals surface area contributed by atoms with E-state index < -0.39 is 13.5 Å². The fourth-order valence-electron chi connectivity index (χ4n) is 4.98. The quantitative estimate of drug-likeness (QED) is 0.137. The Kier molecular flexibility index (Phi) is 12.0. The molecule has 0 amide bonds. The first-order valence-electron chi connectivity index (χ1n) is 10.5. The highest BCUT2D eigenvalue weighted by molar-refractivity contribution is 8.60. The van der Waals surface area contributed by atoms with Crippen LogP contribution in [0.5, 0.6) is 0 Å². The van der Waals surface area contributed by atoms with Crippen LogP contribution in [0.1, 0.15) is 55.4 Å². The average molecular weight is 498 g/mol. The highest BCUT2D eigenvalue weighted by Crippen LogP contribution is 2.64. The number of hydrogen-bond acceptors (Lipinski definition) is 5. The zero-order valence-corrected chi connectivity index (χ0v) is 22.8. The van der Waals surface area contributed by atoms with Gasteiger partial charge in [0.05, 0.1) is 13.1 Å². The first-order chi connectivity index (χ1) is 13.3. The molecule has 0 fully saturated rings. The van der Waals surface area contributed by atoms with E-state index in [4.69, 9.17) is 20.7 Å². The van der Waals surface area contributed by atoms with E-state index in [9.17, 15) is 14.4 Å². The number of hydrogen-bond donors (Lipinski definition) is 3. The van der Waals surface area contributed by atoms with Gasteiger partial charge in [0.2, 0.25) is 0 Å². The van der Waals surface area contributed by atoms with E-state index in [-0.39, 0.29) is 4.76 Å². The smallest absolute Gasteiger partial charge is 0.337 e. The Bertz CT molecular complexity index is 592. The van der Waals surface area contributed by atoms with Gasteiger partial charge in [0.1, 0.15) is 13.1 Å². The molecule has 176 valence electrons. The van der Waals surface area contributed by atoms with Crippen molar-refractivity contribution in [2.45, 2.75) is 55.4 Å². The molecule has 0 aliphatic rings. The molecule has 0 heterocycles. The number of rotatable bonds is 15. The molecule has 0 spiro atoms. The Morgan fingerprint density at radius 3 is 1.52 bits per heavy atom. The third kappa shape index (κ3) is 6.03. The summed E-state index contributed by atoms with van der Waals surface area (Å²) in [6.07, 6.45) is 0. The average Bonchev–Trinajstić information content (AvgIpc) is 2.65. The number of quaternary nitrogens is 3. The van der Waals surface area contributed by atoms with E-state index in [1.807, 2.05) is 13.8 Å². The summed E-state index contributed by atoms with van der Waals surface area (Å²) in [7, 11) is -4.68. The normalized spacial score (nSPS) is 17.9. The molecule has 29 heavy (non-hydrogen) atoms. The van der Waals surface area contributed by atoms with Gasteiger partial charge in [-0.1, -0.05) is 16.9 Å². The van der Waals surface area contributed by atoms with Crippen molar-refractivity contribution >= 4 is 37.6 Å². The van der Waals surface area contributed by atoms with Gasteiger partial charge in [-0.15, -0.1) is 5.01 Å². The van der Waals surface area contributed by atoms with Crippen LogP contribution in [0.15, 0.2) is 0 Å². The van der Waals surface area contributed by atoms with Gasteiger partial charge >= 0.3 is 7.82 Å². The first kappa shape index (κ1) is 29.9. The maximum Gasteiger partial charge on any atom is 0.530 e. The molecule has 0 aromatic carbocycles. The van der Waals surface area contributed by atoms with E-state index in [0.717, 1.165) is 26.2 Å². The van der Waals surface area contributed by atoms with Crippen molar-refractivity contribution in [1.29, 1.82) is 0 Å². The van der Waals surface area contributed by atoms with Crippen molar-refractivity contribution < 1.29 is 37.4 Å².